The van der Waals surface area contributed by atoms with Crippen LogP contribution >= 0.6 is 0 Å². The number of hydrogen-bond acceptors (Lipinski definition) is 0. The minimum absolute atomic E-state index is 4.96. The molecule has 4 heavy (non-hydrogen) atoms. The molecule has 0 nitrogen and oxygen atoms in total. The number of hydrogen-bond donors (Lipinski definition) is 0. The van der Waals surface area contributed by atoms with Gasteiger partial charge in [0.1, 0.15) is 0 Å². The Hall–Kier alpha value is 1.37. The van der Waals surface area contributed by atoms with E-state index in [4.69, 9.17) is 0 Å². The Morgan fingerprint density at radius 1 is 1.00 bits per heavy atom. The summed E-state index contributed by atoms with van der Waals surface area (Å²) < 4.78 is 29.6. The molecule has 0 aromatic carbocycles. The van der Waals surface area contributed by atoms with Gasteiger partial charge in [0, 0.05) is 0 Å². The van der Waals surface area contributed by atoms with E-state index in [-0.39, 0.29) is 0 Å². The van der Waals surface area contributed by atoms with Crippen LogP contribution in [0.4, 0.5) is 0.0763 Å². The first-order chi connectivity index (χ1) is 1.73. The average Bonchev–Trinajstić information content (AvgIpc) is 0.811. The van der Waals surface area contributed by atoms with Crippen LogP contribution in [-0.4, -0.2) is 0 Å². The predicted octanol–water partition coefficient (Wildman–Crippen LogP) is 1.26. The molecule has 0 aliphatic heterocycles. The molecule has 0 N–H and O–H groups in total. The van der Waals surface area contributed by atoms with Crippen molar-refractivity contribution in [3.05, 3.63) is 0 Å². The van der Waals surface area contributed by atoms with Crippen LogP contribution in [0, 0.1) is 45.1 Å². The number of rotatable bonds is 0. The summed E-state index contributed by atoms with van der Waals surface area (Å²) in [6.45, 7) is 0. The molecule has 0 amide bonds. The van der Waals surface area contributed by atoms with Crippen molar-refractivity contribution in [2.24, 2.45) is 0 Å². The fraction of sp³-hybridized carbons (Fsp3) is 0. The van der Waals surface area contributed by atoms with Gasteiger partial charge in [0.25, 0.3) is 0 Å². The van der Waals surface area contributed by atoms with Gasteiger partial charge in [-0.2, -0.15) is 0 Å². The Morgan fingerprint density at radius 2 is 1.00 bits per heavy atom. The molecule has 0 rings (SSSR count). The minimum atomic E-state index is -4.96. The third-order valence-corrected chi connectivity index (χ3v) is 0. The van der Waals surface area contributed by atoms with E-state index in [2.05, 4.69) is 0 Å². The van der Waals surface area contributed by atoms with Crippen LogP contribution in [0.1, 0.15) is 0 Å². The average molecular weight is 209 g/mol. The van der Waals surface area contributed by atoms with E-state index in [1.807, 2.05) is 0 Å². The van der Waals surface area contributed by atoms with Gasteiger partial charge < -0.3 is 0 Å². The zero-order chi connectivity index (χ0) is 3.58. The van der Waals surface area contributed by atoms with E-state index in [1.54, 1.807) is 0 Å². The van der Waals surface area contributed by atoms with E-state index in [0.29, 0.717) is 0 Å². The Kier molecular flexibility index (Phi) is 3.50. The zero-order valence-electron chi connectivity index (χ0n) is 1.51. The van der Waals surface area contributed by atoms with Crippen molar-refractivity contribution in [2.75, 3.05) is 0 Å². The second-order valence-corrected chi connectivity index (χ2v) is 1.20. The van der Waals surface area contributed by atoms with Crippen molar-refractivity contribution >= 4 is 0 Å². The molecule has 0 radical (unpaired) electrons. The first-order valence-corrected chi connectivity index (χ1v) is 3.18. The molecular weight excluding hydrogens is 209 g/mol. The van der Waals surface area contributed by atoms with Gasteiger partial charge in [0.2, 0.25) is 0 Å². The van der Waals surface area contributed by atoms with Gasteiger partial charge in [0.15, 0.2) is 0 Å². The van der Waals surface area contributed by atoms with Gasteiger partial charge in [0.05, 0.1) is 0 Å². The Bertz CT molecular complexity index is 8.00. The van der Waals surface area contributed by atoms with E-state index >= 15 is 0 Å². The molecule has 0 aromatic rings. The molecule has 0 aliphatic carbocycles. The van der Waals surface area contributed by atoms with E-state index < -0.39 is 45.1 Å². The monoisotopic (exact) mass is 210 g/mol. The molecule has 0 aliphatic rings. The van der Waals surface area contributed by atoms with Crippen LogP contribution in [0.2, 0.25) is 0 Å². The van der Waals surface area contributed by atoms with Crippen molar-refractivity contribution in [1.29, 1.82) is 0 Å². The van der Waals surface area contributed by atoms with Crippen LogP contribution in [-0.2, 0) is 0 Å². The van der Waals surface area contributed by atoms with Gasteiger partial charge in [-0.1, -0.05) is 0 Å². The standard InChI is InChI=1S/Eu.3FH/h;3*1H/q+3;;;/p-3. The first-order valence-electron chi connectivity index (χ1n) is 0.429. The van der Waals surface area contributed by atoms with Gasteiger partial charge in [-0.3, -0.25) is 0 Å². The number of halogens is 3. The van der Waals surface area contributed by atoms with Crippen molar-refractivity contribution in [2.45, 2.75) is 0 Å². The maximum absolute atomic E-state index is 9.85. The summed E-state index contributed by atoms with van der Waals surface area (Å²) in [4.78, 5) is 0. The van der Waals surface area contributed by atoms with Crippen molar-refractivity contribution in [3.8, 4) is 0 Å². The third kappa shape index (κ3) is 10.1. The van der Waals surface area contributed by atoms with Crippen LogP contribution < -0.4 is 0 Å². The van der Waals surface area contributed by atoms with Crippen molar-refractivity contribution in [1.82, 2.24) is 0 Å². The molecule has 0 aromatic heterocycles. The van der Waals surface area contributed by atoms with Crippen molar-refractivity contribution < 1.29 is 45.1 Å². The normalized spacial score (nSPS) is 11.2. The van der Waals surface area contributed by atoms with Crippen molar-refractivity contribution in [3.63, 3.8) is 0 Å². The summed E-state index contributed by atoms with van der Waals surface area (Å²) in [6, 6.07) is 0. The Morgan fingerprint density at radius 3 is 1.00 bits per heavy atom. The third-order valence-electron chi connectivity index (χ3n) is 0. The molecule has 0 bridgehead atoms. The zero-order valence-corrected chi connectivity index (χ0v) is 3.94. The van der Waals surface area contributed by atoms with Crippen LogP contribution in [0.3, 0.4) is 0 Å². The SMILES string of the molecule is [F][Eu]([F])[F]. The topological polar surface area (TPSA) is 0 Å². The van der Waals surface area contributed by atoms with Gasteiger partial charge >= 0.3 is 45.1 Å². The fourth-order valence-corrected chi connectivity index (χ4v) is 0. The second kappa shape index (κ2) is 2.60. The summed E-state index contributed by atoms with van der Waals surface area (Å²) in [7, 11) is 0. The maximum atomic E-state index is 9.85. The van der Waals surface area contributed by atoms with Crippen LogP contribution in [0.25, 0.3) is 0 Å². The molecule has 28 valence electrons. The molecule has 0 saturated carbocycles. The molecule has 4 heteroatoms. The van der Waals surface area contributed by atoms with E-state index in [1.165, 1.54) is 0 Å². The molecule has 0 fully saturated rings. The Labute approximate surface area is 44.2 Å². The fourth-order valence-electron chi connectivity index (χ4n) is 0. The molecule has 0 unspecified atom stereocenters. The predicted molar refractivity (Wildman–Crippen MR) is 3.32 cm³/mol. The summed E-state index contributed by atoms with van der Waals surface area (Å²) in [5.74, 6) is 0. The second-order valence-electron chi connectivity index (χ2n) is 0.162. The van der Waals surface area contributed by atoms with E-state index in [0.717, 1.165) is 0 Å². The van der Waals surface area contributed by atoms with Gasteiger partial charge in [-0.25, -0.2) is 0 Å². The molecule has 0 spiro atoms. The quantitative estimate of drug-likeness (QED) is 0.563. The van der Waals surface area contributed by atoms with Gasteiger partial charge in [-0.15, -0.1) is 0 Å². The first kappa shape index (κ1) is 5.37. The molecule has 0 atom stereocenters. The van der Waals surface area contributed by atoms with Gasteiger partial charge in [-0.05, 0) is 0 Å². The molecule has 0 heterocycles. The van der Waals surface area contributed by atoms with E-state index in [9.17, 15) is 0.0763 Å². The van der Waals surface area contributed by atoms with Crippen LogP contribution in [0.15, 0.2) is 0 Å². The summed E-state index contributed by atoms with van der Waals surface area (Å²) >= 11 is -4.96. The summed E-state index contributed by atoms with van der Waals surface area (Å²) in [6.07, 6.45) is 0. The molecular formula is EuF3. The Balaban J connectivity index is 2.32. The van der Waals surface area contributed by atoms with Crippen LogP contribution in [0.5, 0.6) is 0 Å². The summed E-state index contributed by atoms with van der Waals surface area (Å²) in [5, 5.41) is 0. The molecule has 0 saturated heterocycles. The summed E-state index contributed by atoms with van der Waals surface area (Å²) in [5.41, 5.74) is 0.